The summed E-state index contributed by atoms with van der Waals surface area (Å²) in [6.45, 7) is 0. The van der Waals surface area contributed by atoms with E-state index >= 15 is 0 Å². The van der Waals surface area contributed by atoms with E-state index < -0.39 is 0 Å². The molecule has 0 radical (unpaired) electrons. The van der Waals surface area contributed by atoms with Gasteiger partial charge in [-0.1, -0.05) is 82.7 Å². The first kappa shape index (κ1) is 15.5. The van der Waals surface area contributed by atoms with Gasteiger partial charge in [0.15, 0.2) is 0 Å². The van der Waals surface area contributed by atoms with E-state index in [0.717, 1.165) is 15.6 Å². The highest BCUT2D eigenvalue weighted by atomic mass is 79.9. The second-order valence-corrected chi connectivity index (χ2v) is 6.15. The third-order valence-electron chi connectivity index (χ3n) is 3.63. The van der Waals surface area contributed by atoms with Crippen LogP contribution in [0.25, 0.3) is 0 Å². The van der Waals surface area contributed by atoms with Gasteiger partial charge in [-0.05, 0) is 29.3 Å². The molecule has 2 nitrogen and oxygen atoms in total. The number of benzene rings is 3. The zero-order chi connectivity index (χ0) is 16.1. The van der Waals surface area contributed by atoms with Gasteiger partial charge in [0.2, 0.25) is 0 Å². The Morgan fingerprint density at radius 1 is 0.783 bits per heavy atom. The van der Waals surface area contributed by atoms with Crippen LogP contribution in [0, 0.1) is 0 Å². The lowest BCUT2D eigenvalue weighted by Crippen LogP contribution is -2.29. The van der Waals surface area contributed by atoms with Crippen molar-refractivity contribution in [3.63, 3.8) is 0 Å². The Hall–Kier alpha value is -2.39. The van der Waals surface area contributed by atoms with Crippen molar-refractivity contribution in [2.24, 2.45) is 0 Å². The molecular formula is C20H16BrNO. The fraction of sp³-hybridized carbons (Fsp3) is 0.0500. The van der Waals surface area contributed by atoms with E-state index in [1.165, 1.54) is 0 Å². The van der Waals surface area contributed by atoms with Crippen LogP contribution >= 0.6 is 15.9 Å². The SMILES string of the molecule is O=C(NC(c1ccccc1)c1ccccc1)c1cccc(Br)c1. The third-order valence-corrected chi connectivity index (χ3v) is 4.12. The molecular weight excluding hydrogens is 350 g/mol. The molecule has 0 saturated heterocycles. The number of amides is 1. The van der Waals surface area contributed by atoms with E-state index in [1.807, 2.05) is 84.9 Å². The van der Waals surface area contributed by atoms with Crippen LogP contribution in [-0.4, -0.2) is 5.91 Å². The molecule has 1 N–H and O–H groups in total. The minimum Gasteiger partial charge on any atom is -0.341 e. The first-order valence-electron chi connectivity index (χ1n) is 7.40. The molecule has 0 heterocycles. The fourth-order valence-corrected chi connectivity index (χ4v) is 2.89. The van der Waals surface area contributed by atoms with E-state index in [2.05, 4.69) is 21.2 Å². The van der Waals surface area contributed by atoms with Gasteiger partial charge >= 0.3 is 0 Å². The van der Waals surface area contributed by atoms with Crippen molar-refractivity contribution in [2.45, 2.75) is 6.04 Å². The lowest BCUT2D eigenvalue weighted by atomic mass is 9.98. The van der Waals surface area contributed by atoms with Gasteiger partial charge in [0.05, 0.1) is 6.04 Å². The van der Waals surface area contributed by atoms with Crippen LogP contribution in [0.15, 0.2) is 89.4 Å². The van der Waals surface area contributed by atoms with Crippen molar-refractivity contribution in [3.8, 4) is 0 Å². The summed E-state index contributed by atoms with van der Waals surface area (Å²) in [7, 11) is 0. The predicted molar refractivity (Wildman–Crippen MR) is 96.3 cm³/mol. The van der Waals surface area contributed by atoms with E-state index in [9.17, 15) is 4.79 Å². The zero-order valence-corrected chi connectivity index (χ0v) is 14.0. The maximum Gasteiger partial charge on any atom is 0.252 e. The highest BCUT2D eigenvalue weighted by molar-refractivity contribution is 9.10. The summed E-state index contributed by atoms with van der Waals surface area (Å²) in [6.07, 6.45) is 0. The molecule has 3 rings (SSSR count). The molecule has 3 aromatic rings. The Kier molecular flexibility index (Phi) is 4.89. The summed E-state index contributed by atoms with van der Waals surface area (Å²) >= 11 is 3.41. The number of rotatable bonds is 4. The quantitative estimate of drug-likeness (QED) is 0.694. The summed E-state index contributed by atoms with van der Waals surface area (Å²) in [4.78, 5) is 12.6. The Morgan fingerprint density at radius 3 is 1.87 bits per heavy atom. The first-order chi connectivity index (χ1) is 11.2. The van der Waals surface area contributed by atoms with Gasteiger partial charge in [0.25, 0.3) is 5.91 Å². The summed E-state index contributed by atoms with van der Waals surface area (Å²) in [5.41, 5.74) is 2.75. The predicted octanol–water partition coefficient (Wildman–Crippen LogP) is 4.97. The lowest BCUT2D eigenvalue weighted by molar-refractivity contribution is 0.0943. The van der Waals surface area contributed by atoms with Gasteiger partial charge in [0.1, 0.15) is 0 Å². The highest BCUT2D eigenvalue weighted by Gasteiger charge is 2.17. The number of carbonyl (C=O) groups excluding carboxylic acids is 1. The van der Waals surface area contributed by atoms with Crippen LogP contribution in [0.4, 0.5) is 0 Å². The smallest absolute Gasteiger partial charge is 0.252 e. The molecule has 23 heavy (non-hydrogen) atoms. The first-order valence-corrected chi connectivity index (χ1v) is 8.19. The second-order valence-electron chi connectivity index (χ2n) is 5.24. The minimum atomic E-state index is -0.177. The van der Waals surface area contributed by atoms with Gasteiger partial charge in [0, 0.05) is 10.0 Å². The molecule has 0 aliphatic rings. The number of nitrogens with one attached hydrogen (secondary N) is 1. The number of carbonyl (C=O) groups is 1. The summed E-state index contributed by atoms with van der Waals surface area (Å²) in [5, 5.41) is 3.13. The summed E-state index contributed by atoms with van der Waals surface area (Å²) in [6, 6.07) is 27.2. The average molecular weight is 366 g/mol. The maximum atomic E-state index is 12.6. The molecule has 114 valence electrons. The molecule has 3 aromatic carbocycles. The van der Waals surface area contributed by atoms with Crippen LogP contribution in [0.5, 0.6) is 0 Å². The zero-order valence-electron chi connectivity index (χ0n) is 12.4. The van der Waals surface area contributed by atoms with Crippen LogP contribution in [0.1, 0.15) is 27.5 Å². The Labute approximate surface area is 144 Å². The monoisotopic (exact) mass is 365 g/mol. The molecule has 0 spiro atoms. The van der Waals surface area contributed by atoms with Crippen molar-refractivity contribution < 1.29 is 4.79 Å². The van der Waals surface area contributed by atoms with Gasteiger partial charge in [-0.2, -0.15) is 0 Å². The minimum absolute atomic E-state index is 0.0935. The molecule has 3 heteroatoms. The van der Waals surface area contributed by atoms with Crippen molar-refractivity contribution in [1.29, 1.82) is 0 Å². The van der Waals surface area contributed by atoms with Crippen molar-refractivity contribution >= 4 is 21.8 Å². The Bertz CT molecular complexity index is 748. The second kappa shape index (κ2) is 7.25. The van der Waals surface area contributed by atoms with Gasteiger partial charge in [-0.15, -0.1) is 0 Å². The Balaban J connectivity index is 1.92. The van der Waals surface area contributed by atoms with Crippen LogP contribution < -0.4 is 5.32 Å². The standard InChI is InChI=1S/C20H16BrNO/c21-18-13-7-12-17(14-18)20(23)22-19(15-8-3-1-4-9-15)16-10-5-2-6-11-16/h1-14,19H,(H,22,23). The number of halogens is 1. The van der Waals surface area contributed by atoms with Crippen LogP contribution in [0.2, 0.25) is 0 Å². The maximum absolute atomic E-state index is 12.6. The van der Waals surface area contributed by atoms with E-state index in [-0.39, 0.29) is 11.9 Å². The Morgan fingerprint density at radius 2 is 1.35 bits per heavy atom. The molecule has 0 aliphatic heterocycles. The van der Waals surface area contributed by atoms with Crippen LogP contribution in [-0.2, 0) is 0 Å². The summed E-state index contributed by atoms with van der Waals surface area (Å²) < 4.78 is 0.890. The number of hydrogen-bond acceptors (Lipinski definition) is 1. The normalized spacial score (nSPS) is 10.5. The van der Waals surface area contributed by atoms with Gasteiger partial charge in [-0.25, -0.2) is 0 Å². The topological polar surface area (TPSA) is 29.1 Å². The van der Waals surface area contributed by atoms with E-state index in [4.69, 9.17) is 0 Å². The lowest BCUT2D eigenvalue weighted by Gasteiger charge is -2.20. The van der Waals surface area contributed by atoms with Crippen molar-refractivity contribution in [3.05, 3.63) is 106 Å². The molecule has 0 aliphatic carbocycles. The van der Waals surface area contributed by atoms with Crippen molar-refractivity contribution in [1.82, 2.24) is 5.32 Å². The molecule has 0 saturated carbocycles. The fourth-order valence-electron chi connectivity index (χ4n) is 2.49. The van der Waals surface area contributed by atoms with Crippen LogP contribution in [0.3, 0.4) is 0 Å². The third kappa shape index (κ3) is 3.88. The van der Waals surface area contributed by atoms with Crippen molar-refractivity contribution in [2.75, 3.05) is 0 Å². The van der Waals surface area contributed by atoms with E-state index in [1.54, 1.807) is 0 Å². The largest absolute Gasteiger partial charge is 0.341 e. The molecule has 1 amide bonds. The summed E-state index contributed by atoms with van der Waals surface area (Å²) in [5.74, 6) is -0.0935. The molecule has 0 atom stereocenters. The molecule has 0 bridgehead atoms. The average Bonchev–Trinajstić information content (AvgIpc) is 2.61. The molecule has 0 aromatic heterocycles. The molecule has 0 fully saturated rings. The van der Waals surface area contributed by atoms with E-state index in [0.29, 0.717) is 5.56 Å². The number of hydrogen-bond donors (Lipinski definition) is 1. The van der Waals surface area contributed by atoms with Gasteiger partial charge < -0.3 is 5.32 Å². The van der Waals surface area contributed by atoms with Gasteiger partial charge in [-0.3, -0.25) is 4.79 Å². The highest BCUT2D eigenvalue weighted by Crippen LogP contribution is 2.22. The molecule has 0 unspecified atom stereocenters.